The lowest BCUT2D eigenvalue weighted by molar-refractivity contribution is 0.674. The van der Waals surface area contributed by atoms with Crippen molar-refractivity contribution in [2.24, 2.45) is 0 Å². The van der Waals surface area contributed by atoms with Gasteiger partial charge in [0.1, 0.15) is 58.2 Å². The number of benzene rings is 2. The van der Waals surface area contributed by atoms with Crippen molar-refractivity contribution in [2.75, 3.05) is 0 Å². The number of furan rings is 1. The Kier molecular flexibility index (Phi) is 3.61. The number of halogens is 2. The molecule has 21 heavy (non-hydrogen) atoms. The fourth-order valence-electron chi connectivity index (χ4n) is 3.11. The van der Waals surface area contributed by atoms with Crippen LogP contribution < -0.4 is 32.8 Å². The van der Waals surface area contributed by atoms with E-state index in [0.717, 1.165) is 37.0 Å². The summed E-state index contributed by atoms with van der Waals surface area (Å²) in [6.07, 6.45) is 0. The summed E-state index contributed by atoms with van der Waals surface area (Å²) >= 11 is 10.2. The number of hydrogen-bond donors (Lipinski definition) is 0. The second-order valence-corrected chi connectivity index (χ2v) is 7.06. The van der Waals surface area contributed by atoms with Crippen molar-refractivity contribution in [3.63, 3.8) is 0 Å². The molecule has 0 spiro atoms. The molecular weight excluding hydrogens is 340 g/mol. The second-order valence-electron chi connectivity index (χ2n) is 5.89. The lowest BCUT2D eigenvalue weighted by Gasteiger charge is -2.12. The molecule has 0 bridgehead atoms. The summed E-state index contributed by atoms with van der Waals surface area (Å²) in [7, 11) is 12.7. The van der Waals surface area contributed by atoms with Gasteiger partial charge in [0.2, 0.25) is 0 Å². The molecule has 0 fully saturated rings. The predicted molar refractivity (Wildman–Crippen MR) is 115 cm³/mol. The van der Waals surface area contributed by atoms with Gasteiger partial charge in [-0.25, -0.2) is 0 Å². The molecular formula is C12H12B6BrClO. The van der Waals surface area contributed by atoms with Crippen LogP contribution in [0.1, 0.15) is 0 Å². The first-order chi connectivity index (χ1) is 9.77. The molecule has 0 atom stereocenters. The van der Waals surface area contributed by atoms with Gasteiger partial charge in [-0.05, 0) is 5.46 Å². The van der Waals surface area contributed by atoms with Gasteiger partial charge >= 0.3 is 0 Å². The quantitative estimate of drug-likeness (QED) is 0.368. The maximum atomic E-state index is 6.44. The molecule has 98 valence electrons. The topological polar surface area (TPSA) is 13.1 Å². The molecule has 0 saturated heterocycles. The first-order valence-corrected chi connectivity index (χ1v) is 8.21. The van der Waals surface area contributed by atoms with E-state index in [1.165, 1.54) is 27.2 Å². The van der Waals surface area contributed by atoms with Gasteiger partial charge in [0.25, 0.3) is 0 Å². The summed E-state index contributed by atoms with van der Waals surface area (Å²) < 4.78 is 7.27. The van der Waals surface area contributed by atoms with Crippen LogP contribution in [0, 0.1) is 0 Å². The minimum Gasteiger partial charge on any atom is -0.457 e. The fourth-order valence-corrected chi connectivity index (χ4v) is 3.98. The average Bonchev–Trinajstić information content (AvgIpc) is 2.87. The van der Waals surface area contributed by atoms with Gasteiger partial charge in [0.05, 0.1) is 0 Å². The standard InChI is InChI=1S/C12H12B6BrClO/c13-3-1-2-9(19)7(17)10(20)8(18)12(2)21-11(1)6(16)5(15)4(3)14/h13-18H2. The van der Waals surface area contributed by atoms with Gasteiger partial charge in [-0.2, -0.15) is 0 Å². The molecule has 1 aromatic heterocycles. The fraction of sp³-hybridized carbons (Fsp3) is 0. The summed E-state index contributed by atoms with van der Waals surface area (Å²) in [6, 6.07) is 0. The number of rotatable bonds is 0. The SMILES string of the molecule is Bc1c(B)c(B)c2c(oc3c(B)c(Cl)c(B)c(Br)c32)c1B. The molecule has 0 N–H and O–H groups in total. The Morgan fingerprint density at radius 2 is 1.19 bits per heavy atom. The molecule has 3 aromatic rings. The zero-order chi connectivity index (χ0) is 15.6. The van der Waals surface area contributed by atoms with Gasteiger partial charge < -0.3 is 4.42 Å². The van der Waals surface area contributed by atoms with Gasteiger partial charge in [0, 0.05) is 20.3 Å². The van der Waals surface area contributed by atoms with Crippen LogP contribution in [0.15, 0.2) is 8.89 Å². The Labute approximate surface area is 143 Å². The highest BCUT2D eigenvalue weighted by atomic mass is 79.9. The van der Waals surface area contributed by atoms with Gasteiger partial charge in [-0.1, -0.05) is 49.4 Å². The van der Waals surface area contributed by atoms with Crippen molar-refractivity contribution in [3.8, 4) is 0 Å². The highest BCUT2D eigenvalue weighted by Gasteiger charge is 2.21. The Hall–Kier alpha value is -0.600. The molecule has 0 radical (unpaired) electrons. The van der Waals surface area contributed by atoms with Gasteiger partial charge in [-0.3, -0.25) is 0 Å². The molecule has 1 heterocycles. The summed E-state index contributed by atoms with van der Waals surface area (Å²) in [5.41, 5.74) is 9.09. The Bertz CT molecular complexity index is 861. The molecule has 0 aliphatic carbocycles. The molecule has 2 aromatic carbocycles. The van der Waals surface area contributed by atoms with Gasteiger partial charge in [0.15, 0.2) is 0 Å². The molecule has 0 aliphatic rings. The molecule has 0 unspecified atom stereocenters. The van der Waals surface area contributed by atoms with Crippen LogP contribution in [0.5, 0.6) is 0 Å². The van der Waals surface area contributed by atoms with Crippen LogP contribution in [-0.4, -0.2) is 47.1 Å². The Morgan fingerprint density at radius 1 is 0.667 bits per heavy atom. The van der Waals surface area contributed by atoms with Crippen LogP contribution >= 0.6 is 27.5 Å². The third-order valence-corrected chi connectivity index (χ3v) is 6.42. The van der Waals surface area contributed by atoms with E-state index in [2.05, 4.69) is 47.3 Å². The highest BCUT2D eigenvalue weighted by Crippen LogP contribution is 2.31. The lowest BCUT2D eigenvalue weighted by Crippen LogP contribution is -2.47. The maximum Gasteiger partial charge on any atom is 0.146 e. The van der Waals surface area contributed by atoms with Crippen LogP contribution in [0.2, 0.25) is 5.02 Å². The zero-order valence-corrected chi connectivity index (χ0v) is 15.5. The zero-order valence-electron chi connectivity index (χ0n) is 13.2. The van der Waals surface area contributed by atoms with Crippen LogP contribution in [0.4, 0.5) is 0 Å². The van der Waals surface area contributed by atoms with Crippen molar-refractivity contribution >= 4 is 129 Å². The van der Waals surface area contributed by atoms with Crippen molar-refractivity contribution < 1.29 is 4.42 Å². The van der Waals surface area contributed by atoms with E-state index >= 15 is 0 Å². The Balaban J connectivity index is 2.73. The summed E-state index contributed by atoms with van der Waals surface area (Å²) in [5, 5.41) is 3.13. The summed E-state index contributed by atoms with van der Waals surface area (Å²) in [5.74, 6) is 0. The van der Waals surface area contributed by atoms with E-state index in [1.54, 1.807) is 0 Å². The normalized spacial score (nSPS) is 11.5. The first-order valence-electron chi connectivity index (χ1n) is 7.04. The lowest BCUT2D eigenvalue weighted by atomic mass is 9.65. The van der Waals surface area contributed by atoms with E-state index < -0.39 is 0 Å². The van der Waals surface area contributed by atoms with E-state index in [1.807, 2.05) is 15.7 Å². The van der Waals surface area contributed by atoms with Crippen molar-refractivity contribution in [3.05, 3.63) is 9.50 Å². The minimum absolute atomic E-state index is 0.775. The number of hydrogen-bond acceptors (Lipinski definition) is 1. The summed E-state index contributed by atoms with van der Waals surface area (Å²) in [4.78, 5) is 0. The number of fused-ring (bicyclic) bond motifs is 3. The minimum atomic E-state index is 0.775. The maximum absolute atomic E-state index is 6.44. The second kappa shape index (κ2) is 4.96. The monoisotopic (exact) mass is 352 g/mol. The van der Waals surface area contributed by atoms with Crippen molar-refractivity contribution in [2.45, 2.75) is 0 Å². The molecule has 1 nitrogen and oxygen atoms in total. The highest BCUT2D eigenvalue weighted by molar-refractivity contribution is 9.10. The van der Waals surface area contributed by atoms with E-state index in [9.17, 15) is 0 Å². The average molecular weight is 352 g/mol. The smallest absolute Gasteiger partial charge is 0.146 e. The molecule has 0 amide bonds. The van der Waals surface area contributed by atoms with Crippen molar-refractivity contribution in [1.82, 2.24) is 0 Å². The molecule has 0 aliphatic heterocycles. The largest absolute Gasteiger partial charge is 0.457 e. The third kappa shape index (κ3) is 1.91. The first kappa shape index (κ1) is 15.3. The van der Waals surface area contributed by atoms with E-state index in [-0.39, 0.29) is 0 Å². The molecule has 9 heteroatoms. The van der Waals surface area contributed by atoms with Crippen LogP contribution in [-0.2, 0) is 0 Å². The van der Waals surface area contributed by atoms with E-state index in [4.69, 9.17) is 16.0 Å². The Morgan fingerprint density at radius 3 is 1.81 bits per heavy atom. The third-order valence-electron chi connectivity index (χ3n) is 4.86. The summed E-state index contributed by atoms with van der Waals surface area (Å²) in [6.45, 7) is 0. The van der Waals surface area contributed by atoms with Crippen molar-refractivity contribution in [1.29, 1.82) is 0 Å². The predicted octanol–water partition coefficient (Wildman–Crippen LogP) is -5.45. The van der Waals surface area contributed by atoms with Crippen LogP contribution in [0.25, 0.3) is 21.9 Å². The molecule has 3 rings (SSSR count). The van der Waals surface area contributed by atoms with Crippen LogP contribution in [0.3, 0.4) is 0 Å². The molecule has 0 saturated carbocycles. The van der Waals surface area contributed by atoms with Gasteiger partial charge in [-0.15, -0.1) is 5.46 Å². The van der Waals surface area contributed by atoms with E-state index in [0.29, 0.717) is 0 Å².